The molecule has 174 valence electrons. The van der Waals surface area contributed by atoms with Gasteiger partial charge < -0.3 is 19.3 Å². The van der Waals surface area contributed by atoms with E-state index in [0.29, 0.717) is 16.6 Å². The lowest BCUT2D eigenvalue weighted by Crippen LogP contribution is -2.60. The van der Waals surface area contributed by atoms with Gasteiger partial charge in [0.1, 0.15) is 18.5 Å². The topological polar surface area (TPSA) is 72.7 Å². The van der Waals surface area contributed by atoms with E-state index in [1.807, 2.05) is 23.1 Å². The van der Waals surface area contributed by atoms with Crippen molar-refractivity contribution < 1.29 is 18.7 Å². The van der Waals surface area contributed by atoms with Crippen molar-refractivity contribution in [2.24, 2.45) is 0 Å². The summed E-state index contributed by atoms with van der Waals surface area (Å²) in [6.07, 6.45) is 4.63. The van der Waals surface area contributed by atoms with Crippen LogP contribution in [-0.2, 0) is 4.79 Å². The molecule has 2 fully saturated rings. The second-order valence-corrected chi connectivity index (χ2v) is 9.04. The van der Waals surface area contributed by atoms with Crippen LogP contribution in [0, 0.1) is 5.82 Å². The number of fused-ring (bicyclic) bond motifs is 1. The lowest BCUT2D eigenvalue weighted by atomic mass is 9.75. The number of amides is 1. The highest BCUT2D eigenvalue weighted by atomic mass is 32.1. The van der Waals surface area contributed by atoms with Crippen molar-refractivity contribution in [2.45, 2.75) is 30.8 Å². The largest absolute Gasteiger partial charge is 0.454 e. The third-order valence-corrected chi connectivity index (χ3v) is 7.29. The van der Waals surface area contributed by atoms with Crippen LogP contribution in [0.15, 0.2) is 55.1 Å². The Morgan fingerprint density at radius 1 is 1.03 bits per heavy atom. The Kier molecular flexibility index (Phi) is 5.17. The molecule has 2 saturated heterocycles. The number of piperidine rings is 1. The molecule has 1 amide bonds. The molecular formula is C24H22FN5O3S. The maximum Gasteiger partial charge on any atom is 0.233 e. The maximum absolute atomic E-state index is 13.6. The first-order valence-electron chi connectivity index (χ1n) is 11.2. The SMILES string of the molecule is O=C1[C@H](c2ccc(F)cc2)[C@@H](c2ccc3c(c2)OCO3)N1C1CCN(C(=S)n2cncn2)CC1. The molecular weight excluding hydrogens is 457 g/mol. The molecule has 3 aromatic rings. The van der Waals surface area contributed by atoms with E-state index in [2.05, 4.69) is 15.0 Å². The second kappa shape index (κ2) is 8.35. The molecule has 4 heterocycles. The summed E-state index contributed by atoms with van der Waals surface area (Å²) < 4.78 is 26.2. The Labute approximate surface area is 200 Å². The highest BCUT2D eigenvalue weighted by Gasteiger charge is 2.52. The summed E-state index contributed by atoms with van der Waals surface area (Å²) in [4.78, 5) is 21.5. The molecule has 0 aliphatic carbocycles. The zero-order chi connectivity index (χ0) is 23.2. The van der Waals surface area contributed by atoms with Crippen LogP contribution in [0.3, 0.4) is 0 Å². The summed E-state index contributed by atoms with van der Waals surface area (Å²) in [6.45, 7) is 1.64. The monoisotopic (exact) mass is 479 g/mol. The maximum atomic E-state index is 13.6. The summed E-state index contributed by atoms with van der Waals surface area (Å²) in [6, 6.07) is 12.0. The molecule has 8 nitrogen and oxygen atoms in total. The van der Waals surface area contributed by atoms with Crippen LogP contribution in [0.5, 0.6) is 11.5 Å². The first-order valence-corrected chi connectivity index (χ1v) is 11.6. The van der Waals surface area contributed by atoms with Crippen molar-refractivity contribution >= 4 is 23.2 Å². The first kappa shape index (κ1) is 21.0. The lowest BCUT2D eigenvalue weighted by molar-refractivity contribution is -0.156. The van der Waals surface area contributed by atoms with Crippen molar-refractivity contribution in [1.82, 2.24) is 24.6 Å². The van der Waals surface area contributed by atoms with Gasteiger partial charge in [-0.05, 0) is 60.5 Å². The molecule has 10 heteroatoms. The van der Waals surface area contributed by atoms with Crippen molar-refractivity contribution in [3.63, 3.8) is 0 Å². The third kappa shape index (κ3) is 3.49. The average molecular weight is 480 g/mol. The molecule has 0 N–H and O–H groups in total. The quantitative estimate of drug-likeness (QED) is 0.422. The predicted octanol–water partition coefficient (Wildman–Crippen LogP) is 3.11. The molecule has 1 aromatic heterocycles. The highest BCUT2D eigenvalue weighted by molar-refractivity contribution is 7.80. The van der Waals surface area contributed by atoms with E-state index in [1.165, 1.54) is 18.5 Å². The standard InChI is InChI=1S/C24H22FN5O3S/c25-17-4-1-15(2-5-17)21-22(16-3-6-19-20(11-16)33-14-32-19)30(23(21)31)18-7-9-28(10-8-18)24(34)29-13-26-12-27-29/h1-6,11-13,18,21-22H,7-10,14H2/t21-,22-/m1/s1. The van der Waals surface area contributed by atoms with Crippen molar-refractivity contribution in [1.29, 1.82) is 0 Å². The fourth-order valence-electron chi connectivity index (χ4n) is 5.15. The van der Waals surface area contributed by atoms with E-state index in [-0.39, 0.29) is 36.5 Å². The normalized spacial score (nSPS) is 22.1. The van der Waals surface area contributed by atoms with Crippen LogP contribution in [0.4, 0.5) is 4.39 Å². The number of carbonyl (C=O) groups is 1. The van der Waals surface area contributed by atoms with E-state index in [9.17, 15) is 9.18 Å². The van der Waals surface area contributed by atoms with Crippen LogP contribution in [-0.4, -0.2) is 61.5 Å². The van der Waals surface area contributed by atoms with Gasteiger partial charge >= 0.3 is 0 Å². The number of hydrogen-bond acceptors (Lipinski definition) is 6. The summed E-state index contributed by atoms with van der Waals surface area (Å²) in [7, 11) is 0. The molecule has 0 spiro atoms. The number of nitrogens with zero attached hydrogens (tertiary/aromatic N) is 5. The number of benzene rings is 2. The highest BCUT2D eigenvalue weighted by Crippen LogP contribution is 2.50. The zero-order valence-electron chi connectivity index (χ0n) is 18.2. The van der Waals surface area contributed by atoms with E-state index in [0.717, 1.165) is 37.1 Å². The summed E-state index contributed by atoms with van der Waals surface area (Å²) >= 11 is 5.55. The van der Waals surface area contributed by atoms with Crippen molar-refractivity contribution in [3.05, 3.63) is 72.1 Å². The van der Waals surface area contributed by atoms with Gasteiger partial charge in [0.05, 0.1) is 12.0 Å². The lowest BCUT2D eigenvalue weighted by Gasteiger charge is -2.53. The third-order valence-electron chi connectivity index (χ3n) is 6.85. The molecule has 3 aliphatic heterocycles. The minimum atomic E-state index is -0.366. The van der Waals surface area contributed by atoms with Crippen molar-refractivity contribution in [3.8, 4) is 11.5 Å². The molecule has 2 atom stereocenters. The summed E-state index contributed by atoms with van der Waals surface area (Å²) in [5.41, 5.74) is 1.80. The Hall–Kier alpha value is -3.53. The molecule has 2 aromatic carbocycles. The minimum Gasteiger partial charge on any atom is -0.454 e. The van der Waals surface area contributed by atoms with E-state index < -0.39 is 0 Å². The van der Waals surface area contributed by atoms with Gasteiger partial charge in [-0.1, -0.05) is 18.2 Å². The molecule has 3 aliphatic rings. The van der Waals surface area contributed by atoms with Crippen LogP contribution >= 0.6 is 12.2 Å². The Balaban J connectivity index is 1.26. The zero-order valence-corrected chi connectivity index (χ0v) is 19.0. The van der Waals surface area contributed by atoms with Crippen LogP contribution < -0.4 is 9.47 Å². The fourth-order valence-corrected chi connectivity index (χ4v) is 5.43. The minimum absolute atomic E-state index is 0.0616. The number of β-lactam (4-membered cyclic amide) rings is 1. The number of ether oxygens (including phenoxy) is 2. The molecule has 0 bridgehead atoms. The van der Waals surface area contributed by atoms with Gasteiger partial charge in [0.2, 0.25) is 12.7 Å². The average Bonchev–Trinajstić information content (AvgIpc) is 3.56. The first-order chi connectivity index (χ1) is 16.6. The Bertz CT molecular complexity index is 1230. The molecule has 0 unspecified atom stereocenters. The van der Waals surface area contributed by atoms with Crippen molar-refractivity contribution in [2.75, 3.05) is 19.9 Å². The van der Waals surface area contributed by atoms with Crippen LogP contribution in [0.25, 0.3) is 0 Å². The smallest absolute Gasteiger partial charge is 0.233 e. The second-order valence-electron chi connectivity index (χ2n) is 8.67. The van der Waals surface area contributed by atoms with Crippen LogP contribution in [0.2, 0.25) is 0 Å². The van der Waals surface area contributed by atoms with E-state index in [4.69, 9.17) is 21.7 Å². The van der Waals surface area contributed by atoms with E-state index in [1.54, 1.807) is 23.1 Å². The number of thiocarbonyl (C=S) groups is 1. The summed E-state index contributed by atoms with van der Waals surface area (Å²) in [5, 5.41) is 4.74. The molecule has 34 heavy (non-hydrogen) atoms. The summed E-state index contributed by atoms with van der Waals surface area (Å²) in [5.74, 6) is 0.765. The van der Waals surface area contributed by atoms with Gasteiger partial charge in [-0.2, -0.15) is 9.78 Å². The van der Waals surface area contributed by atoms with Gasteiger partial charge in [-0.25, -0.2) is 9.37 Å². The van der Waals surface area contributed by atoms with Gasteiger partial charge in [0, 0.05) is 19.1 Å². The van der Waals surface area contributed by atoms with Gasteiger partial charge in [0.25, 0.3) is 0 Å². The number of halogens is 1. The fraction of sp³-hybridized carbons (Fsp3) is 0.333. The predicted molar refractivity (Wildman–Crippen MR) is 124 cm³/mol. The number of aromatic nitrogens is 3. The molecule has 6 rings (SSSR count). The number of hydrogen-bond donors (Lipinski definition) is 0. The Morgan fingerprint density at radius 3 is 2.50 bits per heavy atom. The van der Waals surface area contributed by atoms with Gasteiger partial charge in [-0.15, -0.1) is 0 Å². The van der Waals surface area contributed by atoms with Gasteiger partial charge in [-0.3, -0.25) is 4.79 Å². The van der Waals surface area contributed by atoms with Gasteiger partial charge in [0.15, 0.2) is 16.6 Å². The molecule has 0 saturated carbocycles. The number of rotatable bonds is 3. The Morgan fingerprint density at radius 2 is 1.76 bits per heavy atom. The number of likely N-dealkylation sites (tertiary alicyclic amines) is 2. The van der Waals surface area contributed by atoms with Crippen LogP contribution in [0.1, 0.15) is 35.9 Å². The molecule has 0 radical (unpaired) electrons. The number of carbonyl (C=O) groups excluding carboxylic acids is 1. The van der Waals surface area contributed by atoms with E-state index >= 15 is 0 Å².